The third kappa shape index (κ3) is 4.99. The zero-order valence-electron chi connectivity index (χ0n) is 15.0. The maximum absolute atomic E-state index is 14.4. The first-order valence-corrected chi connectivity index (χ1v) is 8.59. The summed E-state index contributed by atoms with van der Waals surface area (Å²) in [5, 5.41) is 9.35. The first-order chi connectivity index (χ1) is 13.0. The van der Waals surface area contributed by atoms with Crippen LogP contribution < -0.4 is 0 Å². The van der Waals surface area contributed by atoms with E-state index < -0.39 is 53.8 Å². The number of piperidine rings is 1. The van der Waals surface area contributed by atoms with Gasteiger partial charge in [0.05, 0.1) is 18.2 Å². The zero-order valence-corrected chi connectivity index (χ0v) is 15.0. The number of carbonyl (C=O) groups is 3. The minimum atomic E-state index is -4.74. The summed E-state index contributed by atoms with van der Waals surface area (Å²) in [6.07, 6.45) is -6.61. The molecule has 1 aromatic carbocycles. The number of carboxylic acid groups (broad SMARTS) is 1. The molecule has 1 amide bonds. The Bertz CT molecular complexity index is 765. The standard InChI is InChI=1S/C18H19F4NO5/c1-2-28-16(25)9-15(24)10-5-6-23(17(26)27)14(7-10)12-4-3-11(8-13(12)19)18(20,21)22/h3-4,8,10,14H,2,5-7,9H2,1H3,(H,26,27). The highest BCUT2D eigenvalue weighted by atomic mass is 19.4. The van der Waals surface area contributed by atoms with Crippen molar-refractivity contribution in [3.05, 3.63) is 35.1 Å². The van der Waals surface area contributed by atoms with Crippen LogP contribution in [0.2, 0.25) is 0 Å². The van der Waals surface area contributed by atoms with E-state index in [0.717, 1.165) is 11.0 Å². The molecule has 2 atom stereocenters. The molecule has 1 saturated heterocycles. The van der Waals surface area contributed by atoms with Gasteiger partial charge in [0.1, 0.15) is 18.0 Å². The summed E-state index contributed by atoms with van der Waals surface area (Å²) in [4.78, 5) is 36.2. The van der Waals surface area contributed by atoms with Crippen molar-refractivity contribution in [2.75, 3.05) is 13.2 Å². The molecule has 28 heavy (non-hydrogen) atoms. The van der Waals surface area contributed by atoms with Gasteiger partial charge in [-0.25, -0.2) is 9.18 Å². The van der Waals surface area contributed by atoms with Gasteiger partial charge in [-0.15, -0.1) is 0 Å². The van der Waals surface area contributed by atoms with Crippen LogP contribution in [0.5, 0.6) is 0 Å². The van der Waals surface area contributed by atoms with Crippen molar-refractivity contribution in [1.82, 2.24) is 4.90 Å². The quantitative estimate of drug-likeness (QED) is 0.458. The van der Waals surface area contributed by atoms with Crippen molar-refractivity contribution >= 4 is 17.8 Å². The number of esters is 1. The monoisotopic (exact) mass is 405 g/mol. The average molecular weight is 405 g/mol. The smallest absolute Gasteiger partial charge is 0.416 e. The Morgan fingerprint density at radius 2 is 1.96 bits per heavy atom. The molecule has 1 N–H and O–H groups in total. The maximum atomic E-state index is 14.4. The number of ketones is 1. The molecule has 0 saturated carbocycles. The number of halogens is 4. The lowest BCUT2D eigenvalue weighted by molar-refractivity contribution is -0.146. The second kappa shape index (κ2) is 8.57. The minimum Gasteiger partial charge on any atom is -0.466 e. The van der Waals surface area contributed by atoms with Crippen LogP contribution in [0.3, 0.4) is 0 Å². The van der Waals surface area contributed by atoms with E-state index >= 15 is 0 Å². The zero-order chi connectivity index (χ0) is 21.1. The Labute approximate surface area is 158 Å². The number of ether oxygens (including phenoxy) is 1. The number of Topliss-reactive ketones (excluding diaryl/α,β-unsaturated/α-hetero) is 1. The van der Waals surface area contributed by atoms with Crippen molar-refractivity contribution in [3.63, 3.8) is 0 Å². The van der Waals surface area contributed by atoms with Crippen LogP contribution in [0.1, 0.15) is 43.4 Å². The van der Waals surface area contributed by atoms with E-state index in [9.17, 15) is 37.1 Å². The lowest BCUT2D eigenvalue weighted by Gasteiger charge is -2.37. The molecule has 1 heterocycles. The second-order valence-corrected chi connectivity index (χ2v) is 6.40. The highest BCUT2D eigenvalue weighted by Gasteiger charge is 2.38. The lowest BCUT2D eigenvalue weighted by atomic mass is 9.83. The fraction of sp³-hybridized carbons (Fsp3) is 0.500. The van der Waals surface area contributed by atoms with Crippen molar-refractivity contribution in [2.24, 2.45) is 5.92 Å². The van der Waals surface area contributed by atoms with Crippen LogP contribution in [0.15, 0.2) is 18.2 Å². The van der Waals surface area contributed by atoms with Gasteiger partial charge in [-0.05, 0) is 31.9 Å². The fourth-order valence-electron chi connectivity index (χ4n) is 3.25. The molecule has 0 radical (unpaired) electrons. The van der Waals surface area contributed by atoms with Crippen molar-refractivity contribution in [3.8, 4) is 0 Å². The van der Waals surface area contributed by atoms with Crippen molar-refractivity contribution < 1.29 is 41.8 Å². The summed E-state index contributed by atoms with van der Waals surface area (Å²) in [7, 11) is 0. The van der Waals surface area contributed by atoms with Gasteiger partial charge in [-0.1, -0.05) is 6.07 Å². The molecule has 0 aliphatic carbocycles. The van der Waals surface area contributed by atoms with E-state index in [1.54, 1.807) is 6.92 Å². The first-order valence-electron chi connectivity index (χ1n) is 8.59. The molecule has 10 heteroatoms. The highest BCUT2D eigenvalue weighted by molar-refractivity contribution is 5.96. The second-order valence-electron chi connectivity index (χ2n) is 6.40. The van der Waals surface area contributed by atoms with E-state index in [1.165, 1.54) is 0 Å². The average Bonchev–Trinajstić information content (AvgIpc) is 2.60. The number of carbonyl (C=O) groups excluding carboxylic acids is 2. The lowest BCUT2D eigenvalue weighted by Crippen LogP contribution is -2.42. The molecular formula is C18H19F4NO5. The van der Waals surface area contributed by atoms with Gasteiger partial charge in [-0.3, -0.25) is 9.59 Å². The SMILES string of the molecule is CCOC(=O)CC(=O)C1CCN(C(=O)O)C(c2ccc(C(F)(F)F)cc2F)C1. The van der Waals surface area contributed by atoms with Gasteiger partial charge in [0.25, 0.3) is 0 Å². The number of rotatable bonds is 5. The van der Waals surface area contributed by atoms with Crippen LogP contribution in [0.4, 0.5) is 22.4 Å². The summed E-state index contributed by atoms with van der Waals surface area (Å²) in [6, 6.07) is 0.725. The number of alkyl halides is 3. The van der Waals surface area contributed by atoms with Gasteiger partial charge in [0.15, 0.2) is 0 Å². The highest BCUT2D eigenvalue weighted by Crippen LogP contribution is 2.38. The molecule has 1 aromatic rings. The summed E-state index contributed by atoms with van der Waals surface area (Å²) in [5.74, 6) is -3.12. The van der Waals surface area contributed by atoms with Crippen LogP contribution in [0, 0.1) is 11.7 Å². The maximum Gasteiger partial charge on any atom is 0.416 e. The van der Waals surface area contributed by atoms with Gasteiger partial charge in [-0.2, -0.15) is 13.2 Å². The molecule has 1 aliphatic rings. The molecule has 0 aromatic heterocycles. The summed E-state index contributed by atoms with van der Waals surface area (Å²) < 4.78 is 57.3. The van der Waals surface area contributed by atoms with Crippen LogP contribution in [0.25, 0.3) is 0 Å². The molecule has 0 spiro atoms. The van der Waals surface area contributed by atoms with Gasteiger partial charge in [0.2, 0.25) is 0 Å². The molecule has 2 rings (SSSR count). The van der Waals surface area contributed by atoms with Crippen molar-refractivity contribution in [2.45, 2.75) is 38.4 Å². The molecular weight excluding hydrogens is 386 g/mol. The normalized spacial score (nSPS) is 20.0. The Morgan fingerprint density at radius 1 is 1.29 bits per heavy atom. The van der Waals surface area contributed by atoms with E-state index in [-0.39, 0.29) is 31.6 Å². The van der Waals surface area contributed by atoms with Crippen LogP contribution in [-0.2, 0) is 20.5 Å². The van der Waals surface area contributed by atoms with Gasteiger partial charge in [0, 0.05) is 18.0 Å². The van der Waals surface area contributed by atoms with Crippen LogP contribution in [-0.4, -0.2) is 41.0 Å². The van der Waals surface area contributed by atoms with E-state index in [4.69, 9.17) is 4.74 Å². The minimum absolute atomic E-state index is 0.100. The third-order valence-corrected chi connectivity index (χ3v) is 4.61. The number of amides is 1. The van der Waals surface area contributed by atoms with E-state index in [2.05, 4.69) is 0 Å². The summed E-state index contributed by atoms with van der Waals surface area (Å²) >= 11 is 0. The molecule has 0 bridgehead atoms. The number of nitrogens with zero attached hydrogens (tertiary/aromatic N) is 1. The van der Waals surface area contributed by atoms with Crippen molar-refractivity contribution in [1.29, 1.82) is 0 Å². The number of hydrogen-bond acceptors (Lipinski definition) is 4. The number of benzene rings is 1. The molecule has 6 nitrogen and oxygen atoms in total. The van der Waals surface area contributed by atoms with Gasteiger partial charge >= 0.3 is 18.2 Å². The Balaban J connectivity index is 2.27. The van der Waals surface area contributed by atoms with E-state index in [0.29, 0.717) is 12.1 Å². The Morgan fingerprint density at radius 3 is 2.50 bits per heavy atom. The third-order valence-electron chi connectivity index (χ3n) is 4.61. The Hall–Kier alpha value is -2.65. The topological polar surface area (TPSA) is 83.9 Å². The molecule has 1 aliphatic heterocycles. The molecule has 154 valence electrons. The first kappa shape index (κ1) is 21.6. The van der Waals surface area contributed by atoms with E-state index in [1.807, 2.05) is 0 Å². The number of hydrogen-bond donors (Lipinski definition) is 1. The fourth-order valence-corrected chi connectivity index (χ4v) is 3.25. The predicted octanol–water partition coefficient (Wildman–Crippen LogP) is 3.80. The largest absolute Gasteiger partial charge is 0.466 e. The summed E-state index contributed by atoms with van der Waals surface area (Å²) in [5.41, 5.74) is -1.44. The number of likely N-dealkylation sites (tertiary alicyclic amines) is 1. The van der Waals surface area contributed by atoms with Gasteiger partial charge < -0.3 is 14.7 Å². The summed E-state index contributed by atoms with van der Waals surface area (Å²) in [6.45, 7) is 1.57. The molecule has 1 fully saturated rings. The Kier molecular flexibility index (Phi) is 6.63. The predicted molar refractivity (Wildman–Crippen MR) is 87.9 cm³/mol. The molecule has 2 unspecified atom stereocenters. The van der Waals surface area contributed by atoms with Crippen LogP contribution >= 0.6 is 0 Å².